The van der Waals surface area contributed by atoms with Gasteiger partial charge >= 0.3 is 12.1 Å². The van der Waals surface area contributed by atoms with Crippen molar-refractivity contribution >= 4 is 23.5 Å². The lowest BCUT2D eigenvalue weighted by Crippen LogP contribution is -2.27. The summed E-state index contributed by atoms with van der Waals surface area (Å²) in [6, 6.07) is 10.3. The Kier molecular flexibility index (Phi) is 7.77. The van der Waals surface area contributed by atoms with E-state index < -0.39 is 29.2 Å². The van der Waals surface area contributed by atoms with E-state index in [2.05, 4.69) is 22.1 Å². The molecule has 7 nitrogen and oxygen atoms in total. The number of aromatic carboxylic acids is 1. The summed E-state index contributed by atoms with van der Waals surface area (Å²) >= 11 is 6.27. The third kappa shape index (κ3) is 6.87. The molecule has 0 fully saturated rings. The molecule has 2 aromatic carbocycles. The maximum Gasteiger partial charge on any atom is 0.416 e. The van der Waals surface area contributed by atoms with Crippen molar-refractivity contribution < 1.29 is 33.0 Å². The molecule has 11 heteroatoms. The normalized spacial score (nSPS) is 11.5. The molecule has 3 N–H and O–H groups in total. The van der Waals surface area contributed by atoms with Gasteiger partial charge in [0.15, 0.2) is 0 Å². The third-order valence-corrected chi connectivity index (χ3v) is 5.19. The Labute approximate surface area is 209 Å². The molecular formula is C25H21ClF3N3O4. The van der Waals surface area contributed by atoms with Gasteiger partial charge < -0.3 is 20.1 Å². The van der Waals surface area contributed by atoms with Gasteiger partial charge in [0.1, 0.15) is 17.0 Å². The molecule has 0 aliphatic rings. The van der Waals surface area contributed by atoms with Crippen LogP contribution in [0.15, 0.2) is 48.5 Å². The van der Waals surface area contributed by atoms with Gasteiger partial charge in [0.05, 0.1) is 17.7 Å². The number of carbonyl (C=O) groups excluding carboxylic acids is 1. The number of hydrogen-bond donors (Lipinski definition) is 3. The Morgan fingerprint density at radius 3 is 2.17 bits per heavy atom. The lowest BCUT2D eigenvalue weighted by Gasteiger charge is -2.12. The second-order valence-electron chi connectivity index (χ2n) is 8.35. The number of rotatable bonds is 6. The number of amides is 1. The van der Waals surface area contributed by atoms with Crippen molar-refractivity contribution in [2.45, 2.75) is 38.7 Å². The minimum absolute atomic E-state index is 0.0206. The second kappa shape index (κ2) is 10.4. The number of carboxylic acids is 1. The first-order valence-electron chi connectivity index (χ1n) is 10.5. The number of nitrogens with zero attached hydrogens (tertiary/aromatic N) is 2. The Morgan fingerprint density at radius 1 is 1.06 bits per heavy atom. The van der Waals surface area contributed by atoms with Crippen LogP contribution < -0.4 is 5.32 Å². The zero-order valence-corrected chi connectivity index (χ0v) is 19.9. The zero-order valence-electron chi connectivity index (χ0n) is 19.2. The highest BCUT2D eigenvalue weighted by molar-refractivity contribution is 6.29. The largest absolute Gasteiger partial charge is 0.478 e. The summed E-state index contributed by atoms with van der Waals surface area (Å²) in [5.74, 6) is 3.50. The van der Waals surface area contributed by atoms with Gasteiger partial charge in [-0.3, -0.25) is 4.79 Å². The molecule has 0 bridgehead atoms. The van der Waals surface area contributed by atoms with Crippen LogP contribution in [-0.2, 0) is 19.3 Å². The van der Waals surface area contributed by atoms with Gasteiger partial charge in [-0.25, -0.2) is 9.78 Å². The zero-order chi connectivity index (χ0) is 26.7. The standard InChI is InChI=1S/C25H21ClF3N3O4/c1-24(2,36)12-11-19-20(21(33)30-13-15-3-7-17(8-4-15)22(34)35)32(23(26)31-19)14-16-5-9-18(10-6-16)25(27,28)29/h3-10,36H,13-14H2,1-2H3,(H,30,33)(H,34,35). The van der Waals surface area contributed by atoms with Crippen molar-refractivity contribution in [3.05, 3.63) is 87.5 Å². The first-order chi connectivity index (χ1) is 16.7. The van der Waals surface area contributed by atoms with E-state index in [-0.39, 0.29) is 35.3 Å². The molecule has 1 aromatic heterocycles. The molecule has 1 amide bonds. The molecule has 0 atom stereocenters. The molecule has 36 heavy (non-hydrogen) atoms. The molecular weight excluding hydrogens is 499 g/mol. The summed E-state index contributed by atoms with van der Waals surface area (Å²) < 4.78 is 40.0. The van der Waals surface area contributed by atoms with E-state index in [1.807, 2.05) is 0 Å². The minimum atomic E-state index is -4.49. The molecule has 0 radical (unpaired) electrons. The summed E-state index contributed by atoms with van der Waals surface area (Å²) in [5.41, 5.74) is -1.11. The third-order valence-electron chi connectivity index (χ3n) is 4.90. The SMILES string of the molecule is CC(C)(O)C#Cc1nc(Cl)n(Cc2ccc(C(F)(F)F)cc2)c1C(=O)NCc1ccc(C(=O)O)cc1. The topological polar surface area (TPSA) is 104 Å². The van der Waals surface area contributed by atoms with E-state index in [0.29, 0.717) is 11.1 Å². The highest BCUT2D eigenvalue weighted by Crippen LogP contribution is 2.29. The van der Waals surface area contributed by atoms with Crippen LogP contribution in [0, 0.1) is 11.8 Å². The van der Waals surface area contributed by atoms with Crippen LogP contribution in [0.3, 0.4) is 0 Å². The van der Waals surface area contributed by atoms with E-state index in [1.165, 1.54) is 42.7 Å². The van der Waals surface area contributed by atoms with Gasteiger partial charge in [0.25, 0.3) is 5.91 Å². The van der Waals surface area contributed by atoms with Gasteiger partial charge in [-0.1, -0.05) is 30.2 Å². The second-order valence-corrected chi connectivity index (χ2v) is 8.69. The van der Waals surface area contributed by atoms with Crippen LogP contribution in [0.4, 0.5) is 13.2 Å². The molecule has 0 unspecified atom stereocenters. The maximum atomic E-state index is 13.1. The van der Waals surface area contributed by atoms with Crippen LogP contribution in [-0.4, -0.2) is 37.2 Å². The lowest BCUT2D eigenvalue weighted by atomic mass is 10.1. The van der Waals surface area contributed by atoms with Crippen molar-refractivity contribution in [2.75, 3.05) is 0 Å². The number of alkyl halides is 3. The summed E-state index contributed by atoms with van der Waals surface area (Å²) in [6.45, 7) is 2.87. The number of hydrogen-bond acceptors (Lipinski definition) is 4. The van der Waals surface area contributed by atoms with Gasteiger partial charge in [-0.2, -0.15) is 13.2 Å². The van der Waals surface area contributed by atoms with Crippen LogP contribution in [0.5, 0.6) is 0 Å². The van der Waals surface area contributed by atoms with Crippen molar-refractivity contribution in [3.8, 4) is 11.8 Å². The summed E-state index contributed by atoms with van der Waals surface area (Å²) in [6.07, 6.45) is -4.49. The number of carboxylic acid groups (broad SMARTS) is 1. The lowest BCUT2D eigenvalue weighted by molar-refractivity contribution is -0.137. The molecule has 3 rings (SSSR count). The maximum absolute atomic E-state index is 13.1. The molecule has 188 valence electrons. The van der Waals surface area contributed by atoms with E-state index in [1.54, 1.807) is 12.1 Å². The van der Waals surface area contributed by atoms with Crippen LogP contribution in [0.1, 0.15) is 57.1 Å². The monoisotopic (exact) mass is 519 g/mol. The number of aliphatic hydroxyl groups is 1. The van der Waals surface area contributed by atoms with Crippen molar-refractivity contribution in [2.24, 2.45) is 0 Å². The smallest absolute Gasteiger partial charge is 0.416 e. The average Bonchev–Trinajstić information content (AvgIpc) is 3.10. The fourth-order valence-electron chi connectivity index (χ4n) is 3.11. The first kappa shape index (κ1) is 26.8. The van der Waals surface area contributed by atoms with Crippen molar-refractivity contribution in [1.29, 1.82) is 0 Å². The Morgan fingerprint density at radius 2 is 1.64 bits per heavy atom. The van der Waals surface area contributed by atoms with E-state index in [0.717, 1.165) is 12.1 Å². The van der Waals surface area contributed by atoms with Crippen molar-refractivity contribution in [3.63, 3.8) is 0 Å². The predicted molar refractivity (Wildman–Crippen MR) is 126 cm³/mol. The summed E-state index contributed by atoms with van der Waals surface area (Å²) in [5, 5.41) is 21.5. The van der Waals surface area contributed by atoms with E-state index in [4.69, 9.17) is 16.7 Å². The van der Waals surface area contributed by atoms with Crippen LogP contribution >= 0.6 is 11.6 Å². The summed E-state index contributed by atoms with van der Waals surface area (Å²) in [7, 11) is 0. The molecule has 0 saturated carbocycles. The number of benzene rings is 2. The molecule has 0 aliphatic carbocycles. The molecule has 0 spiro atoms. The van der Waals surface area contributed by atoms with Gasteiger partial charge in [0.2, 0.25) is 5.28 Å². The quantitative estimate of drug-likeness (QED) is 0.420. The molecule has 0 saturated heterocycles. The highest BCUT2D eigenvalue weighted by Gasteiger charge is 2.30. The Balaban J connectivity index is 1.92. The Bertz CT molecular complexity index is 1330. The van der Waals surface area contributed by atoms with E-state index in [9.17, 15) is 27.9 Å². The fourth-order valence-corrected chi connectivity index (χ4v) is 3.34. The minimum Gasteiger partial charge on any atom is -0.478 e. The molecule has 1 heterocycles. The van der Waals surface area contributed by atoms with E-state index >= 15 is 0 Å². The van der Waals surface area contributed by atoms with Crippen molar-refractivity contribution in [1.82, 2.24) is 14.9 Å². The van der Waals surface area contributed by atoms with Crippen LogP contribution in [0.2, 0.25) is 5.28 Å². The number of imidazole rings is 1. The fraction of sp³-hybridized carbons (Fsp3) is 0.240. The average molecular weight is 520 g/mol. The summed E-state index contributed by atoms with van der Waals surface area (Å²) in [4.78, 5) is 28.3. The molecule has 3 aromatic rings. The first-order valence-corrected chi connectivity index (χ1v) is 10.9. The Hall–Kier alpha value is -3.81. The number of halogens is 4. The van der Waals surface area contributed by atoms with Crippen LogP contribution in [0.25, 0.3) is 0 Å². The van der Waals surface area contributed by atoms with Gasteiger partial charge in [-0.15, -0.1) is 0 Å². The highest BCUT2D eigenvalue weighted by atomic mass is 35.5. The predicted octanol–water partition coefficient (Wildman–Crippen LogP) is 4.35. The number of nitrogens with one attached hydrogen (secondary N) is 1. The number of aromatic nitrogens is 2. The van der Waals surface area contributed by atoms with Gasteiger partial charge in [0, 0.05) is 6.54 Å². The van der Waals surface area contributed by atoms with Gasteiger partial charge in [-0.05, 0) is 66.8 Å². The number of carbonyl (C=O) groups is 2. The molecule has 0 aliphatic heterocycles.